The number of nitrogens with zero attached hydrogens (tertiary/aromatic N) is 1. The normalized spacial score (nSPS) is 16.0. The average Bonchev–Trinajstić information content (AvgIpc) is 3.22. The molecule has 3 rings (SSSR count). The Morgan fingerprint density at radius 2 is 1.48 bits per heavy atom. The average molecular weight is 554 g/mol. The Balaban J connectivity index is 1.81. The van der Waals surface area contributed by atoms with Crippen LogP contribution in [0.2, 0.25) is 0 Å². The van der Waals surface area contributed by atoms with Crippen LogP contribution in [0.5, 0.6) is 5.75 Å². The van der Waals surface area contributed by atoms with Gasteiger partial charge in [0.2, 0.25) is 17.7 Å². The molecule has 0 saturated heterocycles. The highest BCUT2D eigenvalue weighted by atomic mass is 16.4. The minimum atomic E-state index is -1.40. The van der Waals surface area contributed by atoms with Crippen LogP contribution >= 0.6 is 0 Å². The van der Waals surface area contributed by atoms with Gasteiger partial charge in [-0.2, -0.15) is 0 Å². The number of amides is 3. The lowest BCUT2D eigenvalue weighted by atomic mass is 9.91. The van der Waals surface area contributed by atoms with Gasteiger partial charge in [-0.1, -0.05) is 51.1 Å². The minimum absolute atomic E-state index is 0.0882. The summed E-state index contributed by atoms with van der Waals surface area (Å²) in [4.78, 5) is 63.5. The number of aromatic hydroxyl groups is 1. The third kappa shape index (κ3) is 7.58. The fourth-order valence-electron chi connectivity index (χ4n) is 4.77. The summed E-state index contributed by atoms with van der Waals surface area (Å²) in [5.41, 5.74) is 1.73. The van der Waals surface area contributed by atoms with Crippen molar-refractivity contribution >= 4 is 29.7 Å². The minimum Gasteiger partial charge on any atom is -0.508 e. The van der Waals surface area contributed by atoms with Gasteiger partial charge < -0.3 is 30.9 Å². The SMILES string of the molecule is CC(=O)N1Cc2ccc(O)cc2C1C(=O)NC(Cc1ccccc1CC(NC(=O)CC(C)(C)C)C(=O)O)C(=O)O. The zero-order valence-electron chi connectivity index (χ0n) is 22.9. The van der Waals surface area contributed by atoms with E-state index in [0.29, 0.717) is 22.3 Å². The Bertz CT molecular complexity index is 1320. The van der Waals surface area contributed by atoms with E-state index in [-0.39, 0.29) is 42.9 Å². The lowest BCUT2D eigenvalue weighted by Crippen LogP contribution is -2.47. The number of hydrogen-bond donors (Lipinski definition) is 5. The van der Waals surface area contributed by atoms with Crippen molar-refractivity contribution in [1.82, 2.24) is 15.5 Å². The fraction of sp³-hybridized carbons (Fsp3) is 0.414. The van der Waals surface area contributed by atoms with Crippen molar-refractivity contribution in [2.75, 3.05) is 0 Å². The summed E-state index contributed by atoms with van der Waals surface area (Å²) >= 11 is 0. The molecule has 0 spiro atoms. The van der Waals surface area contributed by atoms with Crippen molar-refractivity contribution in [3.8, 4) is 5.75 Å². The van der Waals surface area contributed by atoms with Crippen molar-refractivity contribution in [2.45, 2.75) is 71.6 Å². The number of phenolic OH excluding ortho intramolecular Hbond substituents is 1. The Morgan fingerprint density at radius 1 is 0.925 bits per heavy atom. The van der Waals surface area contributed by atoms with Gasteiger partial charge in [0, 0.05) is 32.7 Å². The molecule has 11 nitrogen and oxygen atoms in total. The van der Waals surface area contributed by atoms with Crippen LogP contribution in [0.4, 0.5) is 0 Å². The van der Waals surface area contributed by atoms with E-state index < -0.39 is 41.9 Å². The maximum atomic E-state index is 13.4. The van der Waals surface area contributed by atoms with Crippen LogP contribution < -0.4 is 10.6 Å². The zero-order chi connectivity index (χ0) is 29.8. The summed E-state index contributed by atoms with van der Waals surface area (Å²) in [5, 5.41) is 34.7. The molecule has 3 atom stereocenters. The Kier molecular flexibility index (Phi) is 9.18. The van der Waals surface area contributed by atoms with Crippen LogP contribution in [0.15, 0.2) is 42.5 Å². The summed E-state index contributed by atoms with van der Waals surface area (Å²) in [5.74, 6) is -4.16. The number of rotatable bonds is 10. The molecule has 1 aliphatic heterocycles. The van der Waals surface area contributed by atoms with Gasteiger partial charge in [-0.3, -0.25) is 14.4 Å². The quantitative estimate of drug-likeness (QED) is 0.298. The maximum Gasteiger partial charge on any atom is 0.326 e. The molecule has 214 valence electrons. The number of carbonyl (C=O) groups excluding carboxylic acids is 3. The van der Waals surface area contributed by atoms with E-state index in [9.17, 15) is 39.3 Å². The van der Waals surface area contributed by atoms with Crippen LogP contribution in [0.25, 0.3) is 0 Å². The summed E-state index contributed by atoms with van der Waals surface area (Å²) in [6, 6.07) is 7.31. The molecule has 0 fully saturated rings. The lowest BCUT2D eigenvalue weighted by Gasteiger charge is -2.25. The first-order chi connectivity index (χ1) is 18.7. The molecule has 2 aromatic carbocycles. The van der Waals surface area contributed by atoms with E-state index in [1.54, 1.807) is 30.3 Å². The van der Waals surface area contributed by atoms with E-state index in [4.69, 9.17) is 0 Å². The number of aliphatic carboxylic acids is 2. The molecule has 40 heavy (non-hydrogen) atoms. The first-order valence-electron chi connectivity index (χ1n) is 12.9. The first-order valence-corrected chi connectivity index (χ1v) is 12.9. The van der Waals surface area contributed by atoms with Gasteiger partial charge in [-0.25, -0.2) is 9.59 Å². The highest BCUT2D eigenvalue weighted by Gasteiger charge is 2.39. The third-order valence-electron chi connectivity index (χ3n) is 6.63. The topological polar surface area (TPSA) is 173 Å². The molecule has 1 heterocycles. The number of carbonyl (C=O) groups is 5. The summed E-state index contributed by atoms with van der Waals surface area (Å²) in [7, 11) is 0. The molecule has 5 N–H and O–H groups in total. The van der Waals surface area contributed by atoms with Crippen LogP contribution in [0, 0.1) is 5.41 Å². The standard InChI is InChI=1S/C29H35N3O8/c1-16(33)32-15-19-9-10-20(34)13-21(19)25(32)26(36)31-23(28(39)40)12-18-8-6-5-7-17(18)11-22(27(37)38)30-24(35)14-29(2,3)4/h5-10,13,22-23,25,34H,11-12,14-15H2,1-4H3,(H,30,35)(H,31,36)(H,37,38)(H,39,40). The molecule has 11 heteroatoms. The predicted octanol–water partition coefficient (Wildman–Crippen LogP) is 2.16. The second-order valence-electron chi connectivity index (χ2n) is 11.2. The van der Waals surface area contributed by atoms with Crippen LogP contribution in [-0.4, -0.2) is 62.0 Å². The van der Waals surface area contributed by atoms with Gasteiger partial charge >= 0.3 is 11.9 Å². The number of fused-ring (bicyclic) bond motifs is 1. The second-order valence-corrected chi connectivity index (χ2v) is 11.2. The van der Waals surface area contributed by atoms with E-state index in [2.05, 4.69) is 10.6 Å². The number of carboxylic acids is 2. The van der Waals surface area contributed by atoms with Gasteiger partial charge in [0.25, 0.3) is 0 Å². The number of carboxylic acid groups (broad SMARTS) is 2. The number of benzene rings is 2. The van der Waals surface area contributed by atoms with Crippen molar-refractivity contribution < 1.29 is 39.3 Å². The second kappa shape index (κ2) is 12.2. The van der Waals surface area contributed by atoms with Crippen molar-refractivity contribution in [3.05, 3.63) is 64.7 Å². The molecule has 2 aromatic rings. The van der Waals surface area contributed by atoms with E-state index >= 15 is 0 Å². The fourth-order valence-corrected chi connectivity index (χ4v) is 4.77. The van der Waals surface area contributed by atoms with Gasteiger partial charge in [0.15, 0.2) is 0 Å². The molecule has 3 amide bonds. The third-order valence-corrected chi connectivity index (χ3v) is 6.63. The van der Waals surface area contributed by atoms with Gasteiger partial charge in [0.05, 0.1) is 0 Å². The molecule has 1 aliphatic rings. The molecule has 0 saturated carbocycles. The number of phenols is 1. The molecule has 3 unspecified atom stereocenters. The van der Waals surface area contributed by atoms with Crippen molar-refractivity contribution in [2.24, 2.45) is 5.41 Å². The Morgan fingerprint density at radius 3 is 1.98 bits per heavy atom. The van der Waals surface area contributed by atoms with Crippen LogP contribution in [-0.2, 0) is 43.4 Å². The van der Waals surface area contributed by atoms with E-state index in [1.807, 2.05) is 20.8 Å². The molecular formula is C29H35N3O8. The smallest absolute Gasteiger partial charge is 0.326 e. The predicted molar refractivity (Wildman–Crippen MR) is 144 cm³/mol. The largest absolute Gasteiger partial charge is 0.508 e. The maximum absolute atomic E-state index is 13.4. The van der Waals surface area contributed by atoms with E-state index in [0.717, 1.165) is 0 Å². The van der Waals surface area contributed by atoms with Crippen LogP contribution in [0.3, 0.4) is 0 Å². The van der Waals surface area contributed by atoms with Crippen molar-refractivity contribution in [3.63, 3.8) is 0 Å². The first kappa shape index (κ1) is 30.1. The summed E-state index contributed by atoms with van der Waals surface area (Å²) < 4.78 is 0. The van der Waals surface area contributed by atoms with Gasteiger partial charge in [-0.15, -0.1) is 0 Å². The Labute approximate surface area is 232 Å². The lowest BCUT2D eigenvalue weighted by molar-refractivity contribution is -0.144. The molecule has 0 radical (unpaired) electrons. The molecule has 0 aliphatic carbocycles. The molecule has 0 bridgehead atoms. The molecular weight excluding hydrogens is 518 g/mol. The summed E-state index contributed by atoms with van der Waals surface area (Å²) in [6.45, 7) is 7.03. The van der Waals surface area contributed by atoms with Crippen LogP contribution in [0.1, 0.15) is 62.4 Å². The summed E-state index contributed by atoms with van der Waals surface area (Å²) in [6.07, 6.45) is -0.126. The van der Waals surface area contributed by atoms with E-state index in [1.165, 1.54) is 24.0 Å². The monoisotopic (exact) mass is 553 g/mol. The highest BCUT2D eigenvalue weighted by molar-refractivity contribution is 5.92. The van der Waals surface area contributed by atoms with Crippen molar-refractivity contribution in [1.29, 1.82) is 0 Å². The van der Waals surface area contributed by atoms with Gasteiger partial charge in [0.1, 0.15) is 23.9 Å². The number of nitrogens with one attached hydrogen (secondary N) is 2. The van der Waals surface area contributed by atoms with Gasteiger partial charge in [-0.05, 0) is 39.8 Å². The number of hydrogen-bond acceptors (Lipinski definition) is 6. The Hall–Kier alpha value is -4.41. The highest BCUT2D eigenvalue weighted by Crippen LogP contribution is 2.36. The molecule has 0 aromatic heterocycles. The zero-order valence-corrected chi connectivity index (χ0v) is 22.9.